The van der Waals surface area contributed by atoms with E-state index in [4.69, 9.17) is 5.11 Å². The topological polar surface area (TPSA) is 60.8 Å². The van der Waals surface area contributed by atoms with E-state index in [1.165, 1.54) is 0 Å². The molecule has 0 aromatic heterocycles. The van der Waals surface area contributed by atoms with Crippen LogP contribution >= 0.6 is 15.9 Å². The summed E-state index contributed by atoms with van der Waals surface area (Å²) in [7, 11) is 0. The molecule has 0 aliphatic heterocycles. The molecule has 0 aliphatic carbocycles. The van der Waals surface area contributed by atoms with Gasteiger partial charge in [-0.3, -0.25) is 9.69 Å². The third-order valence-corrected chi connectivity index (χ3v) is 3.61. The molecule has 0 amide bonds. The normalized spacial score (nSPS) is 12.9. The van der Waals surface area contributed by atoms with Crippen LogP contribution < -0.4 is 0 Å². The number of benzene rings is 1. The highest BCUT2D eigenvalue weighted by atomic mass is 79.9. The maximum Gasteiger partial charge on any atom is 0.317 e. The number of hydrogen-bond acceptors (Lipinski definition) is 3. The number of halogens is 1. The van der Waals surface area contributed by atoms with Crippen molar-refractivity contribution in [2.45, 2.75) is 39.3 Å². The van der Waals surface area contributed by atoms with Gasteiger partial charge in [0.25, 0.3) is 0 Å². The van der Waals surface area contributed by atoms with Crippen molar-refractivity contribution in [3.05, 3.63) is 28.2 Å². The molecule has 1 rings (SSSR count). The van der Waals surface area contributed by atoms with Gasteiger partial charge < -0.3 is 10.2 Å². The van der Waals surface area contributed by atoms with Crippen molar-refractivity contribution in [1.82, 2.24) is 4.90 Å². The molecule has 0 saturated heterocycles. The van der Waals surface area contributed by atoms with Crippen LogP contribution in [0, 0.1) is 0 Å². The number of rotatable bonds is 6. The lowest BCUT2D eigenvalue weighted by Gasteiger charge is -2.33. The second-order valence-corrected chi connectivity index (χ2v) is 5.70. The van der Waals surface area contributed by atoms with Gasteiger partial charge >= 0.3 is 5.97 Å². The van der Waals surface area contributed by atoms with Gasteiger partial charge in [0.2, 0.25) is 0 Å². The molecule has 0 saturated carbocycles. The van der Waals surface area contributed by atoms with E-state index in [0.717, 1.165) is 16.5 Å². The summed E-state index contributed by atoms with van der Waals surface area (Å²) in [6, 6.07) is 5.21. The van der Waals surface area contributed by atoms with Crippen LogP contribution in [0.1, 0.15) is 38.8 Å². The Kier molecular flexibility index (Phi) is 5.82. The van der Waals surface area contributed by atoms with Crippen LogP contribution in [0.15, 0.2) is 22.7 Å². The molecule has 0 spiro atoms. The fourth-order valence-electron chi connectivity index (χ4n) is 2.23. The minimum Gasteiger partial charge on any atom is -0.508 e. The first kappa shape index (κ1) is 16.0. The van der Waals surface area contributed by atoms with Crippen LogP contribution in [0.4, 0.5) is 0 Å². The van der Waals surface area contributed by atoms with E-state index in [-0.39, 0.29) is 24.4 Å². The molecule has 0 bridgehead atoms. The first-order valence-electron chi connectivity index (χ1n) is 6.32. The molecule has 1 aromatic carbocycles. The van der Waals surface area contributed by atoms with E-state index in [0.29, 0.717) is 0 Å². The van der Waals surface area contributed by atoms with Crippen molar-refractivity contribution >= 4 is 21.9 Å². The summed E-state index contributed by atoms with van der Waals surface area (Å²) < 4.78 is 0.873. The van der Waals surface area contributed by atoms with Crippen LogP contribution in [0.3, 0.4) is 0 Å². The van der Waals surface area contributed by atoms with Crippen LogP contribution in [-0.4, -0.2) is 33.7 Å². The van der Waals surface area contributed by atoms with E-state index in [2.05, 4.69) is 15.9 Å². The van der Waals surface area contributed by atoms with Crippen LogP contribution in [0.25, 0.3) is 0 Å². The number of carboxylic acid groups (broad SMARTS) is 1. The SMILES string of the molecule is CCC(c1cc(Br)ccc1O)N(CC(=O)O)C(C)C. The van der Waals surface area contributed by atoms with Gasteiger partial charge in [-0.25, -0.2) is 0 Å². The van der Waals surface area contributed by atoms with E-state index in [1.807, 2.05) is 31.7 Å². The van der Waals surface area contributed by atoms with Crippen molar-refractivity contribution in [2.75, 3.05) is 6.54 Å². The number of aromatic hydroxyl groups is 1. The first-order chi connectivity index (χ1) is 8.86. The van der Waals surface area contributed by atoms with Gasteiger partial charge in [-0.2, -0.15) is 0 Å². The smallest absolute Gasteiger partial charge is 0.317 e. The fourth-order valence-corrected chi connectivity index (χ4v) is 2.61. The molecule has 106 valence electrons. The average Bonchev–Trinajstić information content (AvgIpc) is 2.32. The van der Waals surface area contributed by atoms with Crippen LogP contribution in [0.2, 0.25) is 0 Å². The molecule has 0 fully saturated rings. The molecule has 1 aromatic rings. The molecule has 5 heteroatoms. The Bertz CT molecular complexity index is 448. The predicted octanol–water partition coefficient (Wildman–Crippen LogP) is 3.40. The fraction of sp³-hybridized carbons (Fsp3) is 0.500. The lowest BCUT2D eigenvalue weighted by molar-refractivity contribution is -0.139. The Hall–Kier alpha value is -1.07. The van der Waals surface area contributed by atoms with E-state index >= 15 is 0 Å². The zero-order valence-corrected chi connectivity index (χ0v) is 13.0. The summed E-state index contributed by atoms with van der Waals surface area (Å²) >= 11 is 3.38. The molecule has 0 heterocycles. The van der Waals surface area contributed by atoms with Crippen LogP contribution in [0.5, 0.6) is 5.75 Å². The van der Waals surface area contributed by atoms with Crippen molar-refractivity contribution in [3.63, 3.8) is 0 Å². The summed E-state index contributed by atoms with van der Waals surface area (Å²) in [4.78, 5) is 12.9. The van der Waals surface area contributed by atoms with Gasteiger partial charge in [0.05, 0.1) is 6.54 Å². The first-order valence-corrected chi connectivity index (χ1v) is 7.12. The van der Waals surface area contributed by atoms with E-state index < -0.39 is 5.97 Å². The Balaban J connectivity index is 3.15. The largest absolute Gasteiger partial charge is 0.508 e. The molecule has 1 atom stereocenters. The van der Waals surface area contributed by atoms with E-state index in [9.17, 15) is 9.90 Å². The van der Waals surface area contributed by atoms with Gasteiger partial charge in [0, 0.05) is 22.1 Å². The quantitative estimate of drug-likeness (QED) is 0.839. The molecule has 0 aliphatic rings. The molecular weight excluding hydrogens is 310 g/mol. The maximum atomic E-state index is 11.0. The number of hydrogen-bond donors (Lipinski definition) is 2. The number of nitrogens with zero attached hydrogens (tertiary/aromatic N) is 1. The monoisotopic (exact) mass is 329 g/mol. The number of aliphatic carboxylic acids is 1. The summed E-state index contributed by atoms with van der Waals surface area (Å²) in [5, 5.41) is 19.0. The van der Waals surface area contributed by atoms with Gasteiger partial charge in [-0.1, -0.05) is 22.9 Å². The molecule has 1 unspecified atom stereocenters. The third-order valence-electron chi connectivity index (χ3n) is 3.12. The lowest BCUT2D eigenvalue weighted by atomic mass is 10.00. The van der Waals surface area contributed by atoms with Crippen LogP contribution in [-0.2, 0) is 4.79 Å². The highest BCUT2D eigenvalue weighted by molar-refractivity contribution is 9.10. The predicted molar refractivity (Wildman–Crippen MR) is 78.3 cm³/mol. The second-order valence-electron chi connectivity index (χ2n) is 4.79. The van der Waals surface area contributed by atoms with Gasteiger partial charge in [0.1, 0.15) is 5.75 Å². The van der Waals surface area contributed by atoms with Gasteiger partial charge in [-0.15, -0.1) is 0 Å². The van der Waals surface area contributed by atoms with Crippen molar-refractivity contribution in [3.8, 4) is 5.75 Å². The maximum absolute atomic E-state index is 11.0. The Morgan fingerprint density at radius 2 is 2.05 bits per heavy atom. The number of carboxylic acids is 1. The van der Waals surface area contributed by atoms with Gasteiger partial charge in [0.15, 0.2) is 0 Å². The Morgan fingerprint density at radius 3 is 2.53 bits per heavy atom. The summed E-state index contributed by atoms with van der Waals surface area (Å²) in [5.74, 6) is -0.660. The van der Waals surface area contributed by atoms with E-state index in [1.54, 1.807) is 12.1 Å². The molecule has 0 radical (unpaired) electrons. The number of phenolic OH excluding ortho intramolecular Hbond substituents is 1. The number of phenols is 1. The minimum absolute atomic E-state index is 0.0396. The Morgan fingerprint density at radius 1 is 1.42 bits per heavy atom. The Labute approximate surface area is 122 Å². The minimum atomic E-state index is -0.860. The molecule has 2 N–H and O–H groups in total. The van der Waals surface area contributed by atoms with Gasteiger partial charge in [-0.05, 0) is 38.5 Å². The summed E-state index contributed by atoms with van der Waals surface area (Å²) in [5.41, 5.74) is 0.756. The average molecular weight is 330 g/mol. The highest BCUT2D eigenvalue weighted by Crippen LogP contribution is 2.34. The summed E-state index contributed by atoms with van der Waals surface area (Å²) in [6.07, 6.45) is 0.732. The summed E-state index contributed by atoms with van der Waals surface area (Å²) in [6.45, 7) is 5.87. The van der Waals surface area contributed by atoms with Crippen molar-refractivity contribution in [1.29, 1.82) is 0 Å². The van der Waals surface area contributed by atoms with Crippen molar-refractivity contribution < 1.29 is 15.0 Å². The number of carbonyl (C=O) groups is 1. The van der Waals surface area contributed by atoms with Crippen molar-refractivity contribution in [2.24, 2.45) is 0 Å². The third kappa shape index (κ3) is 4.21. The molecule has 19 heavy (non-hydrogen) atoms. The lowest BCUT2D eigenvalue weighted by Crippen LogP contribution is -2.38. The molecular formula is C14H20BrNO3. The zero-order valence-electron chi connectivity index (χ0n) is 11.4. The highest BCUT2D eigenvalue weighted by Gasteiger charge is 2.25. The zero-order chi connectivity index (χ0) is 14.6. The standard InChI is InChI=1S/C14H20BrNO3/c1-4-12(16(9(2)3)8-14(18)19)11-7-10(15)5-6-13(11)17/h5-7,9,12,17H,4,8H2,1-3H3,(H,18,19). The molecule has 4 nitrogen and oxygen atoms in total. The second kappa shape index (κ2) is 6.91.